The molecule has 2 N–H and O–H groups in total. The van der Waals surface area contributed by atoms with E-state index in [1.54, 1.807) is 21.1 Å². The summed E-state index contributed by atoms with van der Waals surface area (Å²) in [7, 11) is 1.75. The Balaban J connectivity index is 2.30. The Bertz CT molecular complexity index is 758. The van der Waals surface area contributed by atoms with Crippen LogP contribution in [0.25, 0.3) is 11.0 Å². The molecule has 0 atom stereocenters. The van der Waals surface area contributed by atoms with Gasteiger partial charge in [0, 0.05) is 20.1 Å². The molecular formula is C17H26N4O2. The number of nitrogens with zero attached hydrogens (tertiary/aromatic N) is 3. The molecule has 0 saturated heterocycles. The Kier molecular flexibility index (Phi) is 4.94. The zero-order valence-electron chi connectivity index (χ0n) is 14.4. The normalized spacial score (nSPS) is 11.9. The van der Waals surface area contributed by atoms with Gasteiger partial charge < -0.3 is 10.6 Å². The van der Waals surface area contributed by atoms with Gasteiger partial charge >= 0.3 is 5.69 Å². The first-order valence-electron chi connectivity index (χ1n) is 7.93. The lowest BCUT2D eigenvalue weighted by Gasteiger charge is -2.29. The molecule has 0 aliphatic heterocycles. The number of benzene rings is 1. The van der Waals surface area contributed by atoms with Gasteiger partial charge in [-0.25, -0.2) is 4.79 Å². The summed E-state index contributed by atoms with van der Waals surface area (Å²) in [6.45, 7) is 7.65. The number of nitrogens with two attached hydrogens (primary N) is 1. The molecule has 0 radical (unpaired) electrons. The van der Waals surface area contributed by atoms with Crippen LogP contribution in [0.1, 0.15) is 20.8 Å². The lowest BCUT2D eigenvalue weighted by Crippen LogP contribution is -2.42. The van der Waals surface area contributed by atoms with Gasteiger partial charge in [-0.15, -0.1) is 0 Å². The number of likely N-dealkylation sites (N-methyl/N-ethyl adjacent to an activating group) is 1. The Labute approximate surface area is 136 Å². The SMILES string of the molecule is CCn1c(=O)n(CC(=O)N(C)CC(C)(C)CN)c2ccccc21. The Morgan fingerprint density at radius 1 is 1.22 bits per heavy atom. The third-order valence-electron chi connectivity index (χ3n) is 4.18. The highest BCUT2D eigenvalue weighted by Crippen LogP contribution is 2.15. The van der Waals surface area contributed by atoms with Gasteiger partial charge in [0.2, 0.25) is 5.91 Å². The van der Waals surface area contributed by atoms with Crippen molar-refractivity contribution in [3.8, 4) is 0 Å². The van der Waals surface area contributed by atoms with E-state index in [-0.39, 0.29) is 23.6 Å². The van der Waals surface area contributed by atoms with Crippen LogP contribution in [0.4, 0.5) is 0 Å². The van der Waals surface area contributed by atoms with E-state index in [1.807, 2.05) is 45.0 Å². The second-order valence-electron chi connectivity index (χ2n) is 6.72. The summed E-state index contributed by atoms with van der Waals surface area (Å²) in [5.41, 5.74) is 7.09. The van der Waals surface area contributed by atoms with Crippen molar-refractivity contribution in [1.29, 1.82) is 0 Å². The van der Waals surface area contributed by atoms with Gasteiger partial charge in [0.1, 0.15) is 6.54 Å². The molecule has 2 rings (SSSR count). The summed E-state index contributed by atoms with van der Waals surface area (Å²) >= 11 is 0. The first-order chi connectivity index (χ1) is 10.8. The van der Waals surface area contributed by atoms with E-state index in [9.17, 15) is 9.59 Å². The van der Waals surface area contributed by atoms with Crippen LogP contribution < -0.4 is 11.4 Å². The van der Waals surface area contributed by atoms with E-state index in [2.05, 4.69) is 0 Å². The molecule has 126 valence electrons. The third-order valence-corrected chi connectivity index (χ3v) is 4.18. The zero-order chi connectivity index (χ0) is 17.2. The van der Waals surface area contributed by atoms with Crippen molar-refractivity contribution >= 4 is 16.9 Å². The fourth-order valence-electron chi connectivity index (χ4n) is 2.78. The molecule has 1 aromatic carbocycles. The minimum absolute atomic E-state index is 0.0451. The molecule has 0 bridgehead atoms. The number of hydrogen-bond donors (Lipinski definition) is 1. The summed E-state index contributed by atoms with van der Waals surface area (Å²) in [6, 6.07) is 7.56. The molecule has 23 heavy (non-hydrogen) atoms. The Hall–Kier alpha value is -2.08. The highest BCUT2D eigenvalue weighted by atomic mass is 16.2. The van der Waals surface area contributed by atoms with Crippen LogP contribution in [0.5, 0.6) is 0 Å². The Morgan fingerprint density at radius 3 is 2.30 bits per heavy atom. The third kappa shape index (κ3) is 3.47. The number of carbonyl (C=O) groups is 1. The molecule has 0 aliphatic rings. The monoisotopic (exact) mass is 318 g/mol. The summed E-state index contributed by atoms with van der Waals surface area (Å²) < 4.78 is 3.24. The average molecular weight is 318 g/mol. The standard InChI is InChI=1S/C17H26N4O2/c1-5-20-13-8-6-7-9-14(13)21(16(20)23)10-15(22)19(4)12-17(2,3)11-18/h6-9H,5,10-12,18H2,1-4H3. The van der Waals surface area contributed by atoms with E-state index in [0.717, 1.165) is 11.0 Å². The van der Waals surface area contributed by atoms with Crippen LogP contribution in [0.15, 0.2) is 29.1 Å². The van der Waals surface area contributed by atoms with Gasteiger partial charge in [-0.3, -0.25) is 13.9 Å². The van der Waals surface area contributed by atoms with Crippen molar-refractivity contribution in [3.63, 3.8) is 0 Å². The maximum absolute atomic E-state index is 12.6. The highest BCUT2D eigenvalue weighted by Gasteiger charge is 2.22. The van der Waals surface area contributed by atoms with E-state index >= 15 is 0 Å². The van der Waals surface area contributed by atoms with Gasteiger partial charge in [-0.2, -0.15) is 0 Å². The number of amides is 1. The number of aryl methyl sites for hydroxylation is 1. The highest BCUT2D eigenvalue weighted by molar-refractivity contribution is 5.80. The van der Waals surface area contributed by atoms with Gasteiger partial charge in [0.05, 0.1) is 11.0 Å². The molecule has 0 spiro atoms. The number of aromatic nitrogens is 2. The van der Waals surface area contributed by atoms with Crippen molar-refractivity contribution in [2.45, 2.75) is 33.9 Å². The largest absolute Gasteiger partial charge is 0.344 e. The maximum atomic E-state index is 12.6. The maximum Gasteiger partial charge on any atom is 0.329 e. The van der Waals surface area contributed by atoms with Gasteiger partial charge in [0.15, 0.2) is 0 Å². The predicted molar refractivity (Wildman–Crippen MR) is 92.3 cm³/mol. The molecule has 6 heteroatoms. The molecule has 0 unspecified atom stereocenters. The molecule has 1 amide bonds. The van der Waals surface area contributed by atoms with Gasteiger partial charge in [-0.1, -0.05) is 26.0 Å². The first-order valence-corrected chi connectivity index (χ1v) is 7.93. The van der Waals surface area contributed by atoms with E-state index in [1.165, 1.54) is 0 Å². The van der Waals surface area contributed by atoms with E-state index < -0.39 is 0 Å². The summed E-state index contributed by atoms with van der Waals surface area (Å²) in [4.78, 5) is 26.7. The van der Waals surface area contributed by atoms with Crippen LogP contribution in [0.3, 0.4) is 0 Å². The predicted octanol–water partition coefficient (Wildman–Crippen LogP) is 1.27. The Morgan fingerprint density at radius 2 is 1.78 bits per heavy atom. The van der Waals surface area contributed by atoms with Crippen LogP contribution in [0.2, 0.25) is 0 Å². The summed E-state index contributed by atoms with van der Waals surface area (Å²) in [5.74, 6) is -0.0902. The summed E-state index contributed by atoms with van der Waals surface area (Å²) in [5, 5.41) is 0. The molecule has 0 aliphatic carbocycles. The number of fused-ring (bicyclic) bond motifs is 1. The molecule has 6 nitrogen and oxygen atoms in total. The zero-order valence-corrected chi connectivity index (χ0v) is 14.4. The van der Waals surface area contributed by atoms with Crippen LogP contribution in [-0.4, -0.2) is 40.1 Å². The molecule has 1 heterocycles. The number of hydrogen-bond acceptors (Lipinski definition) is 3. The van der Waals surface area contributed by atoms with E-state index in [0.29, 0.717) is 19.6 Å². The van der Waals surface area contributed by atoms with Crippen molar-refractivity contribution in [1.82, 2.24) is 14.0 Å². The molecule has 0 saturated carbocycles. The van der Waals surface area contributed by atoms with Crippen molar-refractivity contribution in [2.75, 3.05) is 20.1 Å². The second kappa shape index (κ2) is 6.58. The average Bonchev–Trinajstić information content (AvgIpc) is 2.79. The van der Waals surface area contributed by atoms with E-state index in [4.69, 9.17) is 5.73 Å². The van der Waals surface area contributed by atoms with Crippen molar-refractivity contribution in [2.24, 2.45) is 11.1 Å². The number of imidazole rings is 1. The number of para-hydroxylation sites is 2. The number of rotatable bonds is 6. The smallest absolute Gasteiger partial charge is 0.329 e. The molecule has 2 aromatic rings. The second-order valence-corrected chi connectivity index (χ2v) is 6.72. The van der Waals surface area contributed by atoms with Gasteiger partial charge in [-0.05, 0) is 31.0 Å². The fraction of sp³-hybridized carbons (Fsp3) is 0.529. The van der Waals surface area contributed by atoms with Crippen molar-refractivity contribution < 1.29 is 4.79 Å². The van der Waals surface area contributed by atoms with Crippen LogP contribution in [0, 0.1) is 5.41 Å². The fourth-order valence-corrected chi connectivity index (χ4v) is 2.78. The minimum atomic E-state index is -0.146. The topological polar surface area (TPSA) is 73.3 Å². The van der Waals surface area contributed by atoms with Gasteiger partial charge in [0.25, 0.3) is 0 Å². The first kappa shape index (κ1) is 17.3. The lowest BCUT2D eigenvalue weighted by atomic mass is 9.93. The molecule has 0 fully saturated rings. The van der Waals surface area contributed by atoms with Crippen molar-refractivity contribution in [3.05, 3.63) is 34.7 Å². The summed E-state index contributed by atoms with van der Waals surface area (Å²) in [6.07, 6.45) is 0. The number of carbonyl (C=O) groups excluding carboxylic acids is 1. The van der Waals surface area contributed by atoms with Crippen LogP contribution >= 0.6 is 0 Å². The lowest BCUT2D eigenvalue weighted by molar-refractivity contribution is -0.131. The quantitative estimate of drug-likeness (QED) is 0.871. The molecule has 1 aromatic heterocycles. The molecular weight excluding hydrogens is 292 g/mol. The van der Waals surface area contributed by atoms with Crippen LogP contribution in [-0.2, 0) is 17.9 Å². The minimum Gasteiger partial charge on any atom is -0.344 e.